The van der Waals surface area contributed by atoms with Crippen molar-refractivity contribution in [1.82, 2.24) is 5.32 Å². The molecule has 2 atom stereocenters. The number of phenols is 1. The maximum Gasteiger partial charge on any atom is 0.329 e. The number of esters is 1. The van der Waals surface area contributed by atoms with E-state index in [-0.39, 0.29) is 5.75 Å². The zero-order chi connectivity index (χ0) is 16.9. The summed E-state index contributed by atoms with van der Waals surface area (Å²) in [7, 11) is 0. The van der Waals surface area contributed by atoms with E-state index in [0.717, 1.165) is 0 Å². The number of hydrogen-bond donors (Lipinski definition) is 3. The summed E-state index contributed by atoms with van der Waals surface area (Å²) < 4.78 is 5.27. The third-order valence-electron chi connectivity index (χ3n) is 2.95. The topological polar surface area (TPSA) is 102 Å². The molecule has 1 aromatic rings. The number of rotatable bonds is 5. The fourth-order valence-electron chi connectivity index (χ4n) is 1.80. The van der Waals surface area contributed by atoms with E-state index in [9.17, 15) is 14.7 Å². The van der Waals surface area contributed by atoms with Gasteiger partial charge in [-0.05, 0) is 44.9 Å². The summed E-state index contributed by atoms with van der Waals surface area (Å²) in [6.07, 6.45) is 0.406. The second-order valence-electron chi connectivity index (χ2n) is 6.07. The summed E-state index contributed by atoms with van der Waals surface area (Å²) >= 11 is 0. The second-order valence-corrected chi connectivity index (χ2v) is 6.07. The van der Waals surface area contributed by atoms with E-state index < -0.39 is 29.6 Å². The number of hydrogen-bond acceptors (Lipinski definition) is 5. The zero-order valence-electron chi connectivity index (χ0n) is 13.4. The Kier molecular flexibility index (Phi) is 5.93. The molecule has 4 N–H and O–H groups in total. The van der Waals surface area contributed by atoms with Crippen LogP contribution in [0.5, 0.6) is 5.75 Å². The quantitative estimate of drug-likeness (QED) is 0.718. The Hall–Kier alpha value is -2.08. The largest absolute Gasteiger partial charge is 0.508 e. The summed E-state index contributed by atoms with van der Waals surface area (Å²) in [5.74, 6) is -0.860. The van der Waals surface area contributed by atoms with Crippen LogP contribution in [0.2, 0.25) is 0 Å². The normalized spacial score (nSPS) is 14.0. The molecule has 0 aliphatic heterocycles. The Morgan fingerprint density at radius 2 is 1.82 bits per heavy atom. The Bertz CT molecular complexity index is 520. The van der Waals surface area contributed by atoms with Crippen LogP contribution in [-0.2, 0) is 14.3 Å². The lowest BCUT2D eigenvalue weighted by Crippen LogP contribution is -2.46. The molecule has 0 saturated carbocycles. The van der Waals surface area contributed by atoms with E-state index in [1.165, 1.54) is 12.1 Å². The molecular weight excluding hydrogens is 284 g/mol. The monoisotopic (exact) mass is 308 g/mol. The second kappa shape index (κ2) is 7.26. The molecule has 0 aromatic heterocycles. The number of aromatic hydroxyl groups is 1. The molecule has 22 heavy (non-hydrogen) atoms. The van der Waals surface area contributed by atoms with Crippen molar-refractivity contribution in [3.05, 3.63) is 29.8 Å². The van der Waals surface area contributed by atoms with Crippen molar-refractivity contribution < 1.29 is 19.4 Å². The van der Waals surface area contributed by atoms with Crippen LogP contribution in [0.25, 0.3) is 0 Å². The Balaban J connectivity index is 2.72. The Morgan fingerprint density at radius 1 is 1.27 bits per heavy atom. The van der Waals surface area contributed by atoms with Gasteiger partial charge in [-0.2, -0.15) is 0 Å². The van der Waals surface area contributed by atoms with Gasteiger partial charge in [0, 0.05) is 0 Å². The molecule has 1 amide bonds. The van der Waals surface area contributed by atoms with Crippen LogP contribution >= 0.6 is 0 Å². The molecule has 0 saturated heterocycles. The molecular formula is C16H24N2O4. The highest BCUT2D eigenvalue weighted by molar-refractivity contribution is 5.88. The first-order valence-corrected chi connectivity index (χ1v) is 7.21. The van der Waals surface area contributed by atoms with Gasteiger partial charge >= 0.3 is 5.97 Å². The number of nitrogens with one attached hydrogen (secondary N) is 1. The van der Waals surface area contributed by atoms with Crippen LogP contribution < -0.4 is 11.1 Å². The molecule has 0 aliphatic carbocycles. The minimum atomic E-state index is -0.919. The van der Waals surface area contributed by atoms with Crippen molar-refractivity contribution in [2.45, 2.75) is 51.8 Å². The highest BCUT2D eigenvalue weighted by Crippen LogP contribution is 2.16. The van der Waals surface area contributed by atoms with Gasteiger partial charge in [0.2, 0.25) is 5.91 Å². The standard InChI is InChI=1S/C16H24N2O4/c1-5-12(15(21)22-16(2,3)4)18-14(20)13(17)10-6-8-11(19)9-7-10/h6-9,12-13,19H,5,17H2,1-4H3,(H,18,20). The molecule has 1 rings (SSSR count). The third-order valence-corrected chi connectivity index (χ3v) is 2.95. The van der Waals surface area contributed by atoms with Crippen LogP contribution in [0, 0.1) is 0 Å². The van der Waals surface area contributed by atoms with Crippen molar-refractivity contribution in [3.63, 3.8) is 0 Å². The lowest BCUT2D eigenvalue weighted by atomic mass is 10.1. The van der Waals surface area contributed by atoms with Crippen molar-refractivity contribution in [1.29, 1.82) is 0 Å². The van der Waals surface area contributed by atoms with Gasteiger partial charge in [0.05, 0.1) is 0 Å². The Labute approximate surface area is 130 Å². The average molecular weight is 308 g/mol. The summed E-state index contributed by atoms with van der Waals surface area (Å²) in [5, 5.41) is 11.8. The van der Waals surface area contributed by atoms with Crippen molar-refractivity contribution >= 4 is 11.9 Å². The minimum absolute atomic E-state index is 0.0940. The SMILES string of the molecule is CCC(NC(=O)C(N)c1ccc(O)cc1)C(=O)OC(C)(C)C. The molecule has 122 valence electrons. The molecule has 2 unspecified atom stereocenters. The molecule has 0 fully saturated rings. The average Bonchev–Trinajstić information content (AvgIpc) is 2.42. The molecule has 0 radical (unpaired) electrons. The number of carbonyl (C=O) groups excluding carboxylic acids is 2. The summed E-state index contributed by atoms with van der Waals surface area (Å²) in [5.41, 5.74) is 5.81. The fraction of sp³-hybridized carbons (Fsp3) is 0.500. The highest BCUT2D eigenvalue weighted by atomic mass is 16.6. The predicted molar refractivity (Wildman–Crippen MR) is 83.1 cm³/mol. The van der Waals surface area contributed by atoms with Crippen LogP contribution in [-0.4, -0.2) is 28.6 Å². The number of carbonyl (C=O) groups is 2. The Morgan fingerprint density at radius 3 is 2.27 bits per heavy atom. The third kappa shape index (κ3) is 5.37. The van der Waals surface area contributed by atoms with Gasteiger partial charge in [-0.1, -0.05) is 19.1 Å². The van der Waals surface area contributed by atoms with Gasteiger partial charge < -0.3 is 20.9 Å². The van der Waals surface area contributed by atoms with E-state index in [1.54, 1.807) is 39.8 Å². The van der Waals surface area contributed by atoms with E-state index >= 15 is 0 Å². The maximum atomic E-state index is 12.2. The fourth-order valence-corrected chi connectivity index (χ4v) is 1.80. The van der Waals surface area contributed by atoms with Gasteiger partial charge in [-0.25, -0.2) is 4.79 Å². The molecule has 0 bridgehead atoms. The molecule has 6 nitrogen and oxygen atoms in total. The van der Waals surface area contributed by atoms with E-state index in [0.29, 0.717) is 12.0 Å². The summed E-state index contributed by atoms with van der Waals surface area (Å²) in [6, 6.07) is 4.37. The van der Waals surface area contributed by atoms with Crippen molar-refractivity contribution in [2.24, 2.45) is 5.73 Å². The van der Waals surface area contributed by atoms with Crippen LogP contribution in [0.1, 0.15) is 45.7 Å². The number of amides is 1. The molecule has 0 spiro atoms. The van der Waals surface area contributed by atoms with Crippen LogP contribution in [0.15, 0.2) is 24.3 Å². The van der Waals surface area contributed by atoms with Crippen molar-refractivity contribution in [2.75, 3.05) is 0 Å². The number of phenolic OH excluding ortho intramolecular Hbond substituents is 1. The number of nitrogens with two attached hydrogens (primary N) is 1. The first-order valence-electron chi connectivity index (χ1n) is 7.21. The molecule has 0 aliphatic rings. The van der Waals surface area contributed by atoms with Gasteiger partial charge in [-0.3, -0.25) is 4.79 Å². The van der Waals surface area contributed by atoms with Crippen molar-refractivity contribution in [3.8, 4) is 5.75 Å². The summed E-state index contributed by atoms with van der Waals surface area (Å²) in [6.45, 7) is 7.08. The molecule has 6 heteroatoms. The van der Waals surface area contributed by atoms with E-state index in [1.807, 2.05) is 0 Å². The smallest absolute Gasteiger partial charge is 0.329 e. The lowest BCUT2D eigenvalue weighted by molar-refractivity contribution is -0.158. The predicted octanol–water partition coefficient (Wildman–Crippen LogP) is 1.63. The van der Waals surface area contributed by atoms with E-state index in [4.69, 9.17) is 10.5 Å². The zero-order valence-corrected chi connectivity index (χ0v) is 13.4. The van der Waals surface area contributed by atoms with E-state index in [2.05, 4.69) is 5.32 Å². The number of benzene rings is 1. The van der Waals surface area contributed by atoms with Gasteiger partial charge in [0.15, 0.2) is 0 Å². The number of ether oxygens (including phenoxy) is 1. The van der Waals surface area contributed by atoms with Gasteiger partial charge in [0.25, 0.3) is 0 Å². The molecule has 1 aromatic carbocycles. The van der Waals surface area contributed by atoms with Gasteiger partial charge in [0.1, 0.15) is 23.4 Å². The maximum absolute atomic E-state index is 12.2. The van der Waals surface area contributed by atoms with Crippen LogP contribution in [0.3, 0.4) is 0 Å². The lowest BCUT2D eigenvalue weighted by Gasteiger charge is -2.24. The van der Waals surface area contributed by atoms with Gasteiger partial charge in [-0.15, -0.1) is 0 Å². The first-order chi connectivity index (χ1) is 10.1. The molecule has 0 heterocycles. The first kappa shape index (κ1) is 18.0. The minimum Gasteiger partial charge on any atom is -0.508 e. The summed E-state index contributed by atoms with van der Waals surface area (Å²) in [4.78, 5) is 24.2. The highest BCUT2D eigenvalue weighted by Gasteiger charge is 2.27. The van der Waals surface area contributed by atoms with Crippen LogP contribution in [0.4, 0.5) is 0 Å².